The Morgan fingerprint density at radius 3 is 2.71 bits per heavy atom. The van der Waals surface area contributed by atoms with Gasteiger partial charge >= 0.3 is 0 Å². The van der Waals surface area contributed by atoms with E-state index in [1.165, 1.54) is 12.1 Å². The number of methoxy groups -OCH3 is 1. The molecule has 1 heterocycles. The van der Waals surface area contributed by atoms with Crippen LogP contribution in [0, 0.1) is 5.82 Å². The largest absolute Gasteiger partial charge is 0.493 e. The van der Waals surface area contributed by atoms with E-state index in [-0.39, 0.29) is 11.7 Å². The third-order valence-corrected chi connectivity index (χ3v) is 3.38. The van der Waals surface area contributed by atoms with Gasteiger partial charge in [0.2, 0.25) is 5.82 Å². The average Bonchev–Trinajstić information content (AvgIpc) is 3.10. The number of rotatable bonds is 6. The summed E-state index contributed by atoms with van der Waals surface area (Å²) in [6.07, 6.45) is 0.909. The van der Waals surface area contributed by atoms with E-state index in [2.05, 4.69) is 10.1 Å². The topological polar surface area (TPSA) is 57.4 Å². The summed E-state index contributed by atoms with van der Waals surface area (Å²) >= 11 is 0. The Bertz CT molecular complexity index is 833. The molecule has 0 unspecified atom stereocenters. The number of nitrogens with zero attached hydrogens (tertiary/aromatic N) is 2. The molecule has 0 atom stereocenters. The summed E-state index contributed by atoms with van der Waals surface area (Å²) < 4.78 is 29.5. The first-order chi connectivity index (χ1) is 11.7. The number of hydrogen-bond acceptors (Lipinski definition) is 5. The van der Waals surface area contributed by atoms with Crippen molar-refractivity contribution in [1.82, 2.24) is 10.1 Å². The zero-order valence-corrected chi connectivity index (χ0v) is 13.5. The minimum atomic E-state index is -0.355. The highest BCUT2D eigenvalue weighted by molar-refractivity contribution is 5.63. The summed E-state index contributed by atoms with van der Waals surface area (Å²) in [5.41, 5.74) is 1.26. The Kier molecular flexibility index (Phi) is 4.74. The second-order valence-corrected chi connectivity index (χ2v) is 5.15. The highest BCUT2D eigenvalue weighted by Crippen LogP contribution is 2.32. The first-order valence-corrected chi connectivity index (χ1v) is 7.62. The molecule has 5 nitrogen and oxygen atoms in total. The molecule has 0 radical (unpaired) electrons. The van der Waals surface area contributed by atoms with Crippen molar-refractivity contribution < 1.29 is 18.4 Å². The molecule has 3 aromatic rings. The Balaban J connectivity index is 1.89. The average molecular weight is 328 g/mol. The summed E-state index contributed by atoms with van der Waals surface area (Å²) in [6, 6.07) is 11.4. The van der Waals surface area contributed by atoms with Crippen LogP contribution in [0.5, 0.6) is 11.5 Å². The molecule has 24 heavy (non-hydrogen) atoms. The van der Waals surface area contributed by atoms with Gasteiger partial charge in [0, 0.05) is 11.1 Å². The maximum atomic E-state index is 13.3. The predicted molar refractivity (Wildman–Crippen MR) is 87.5 cm³/mol. The number of aromatic nitrogens is 2. The monoisotopic (exact) mass is 328 g/mol. The van der Waals surface area contributed by atoms with Crippen molar-refractivity contribution in [2.75, 3.05) is 13.7 Å². The van der Waals surface area contributed by atoms with Gasteiger partial charge in [-0.1, -0.05) is 18.1 Å². The lowest BCUT2D eigenvalue weighted by atomic mass is 10.2. The predicted octanol–water partition coefficient (Wildman–Crippen LogP) is 4.34. The molecule has 0 aliphatic rings. The van der Waals surface area contributed by atoms with Gasteiger partial charge in [-0.15, -0.1) is 0 Å². The Hall–Kier alpha value is -2.89. The summed E-state index contributed by atoms with van der Waals surface area (Å²) in [7, 11) is 1.58. The smallest absolute Gasteiger partial charge is 0.258 e. The summed E-state index contributed by atoms with van der Waals surface area (Å²) in [6.45, 7) is 2.65. The van der Waals surface area contributed by atoms with Crippen molar-refractivity contribution in [2.45, 2.75) is 13.3 Å². The van der Waals surface area contributed by atoms with Crippen LogP contribution >= 0.6 is 0 Å². The van der Waals surface area contributed by atoms with Crippen molar-refractivity contribution in [3.05, 3.63) is 48.3 Å². The summed E-state index contributed by atoms with van der Waals surface area (Å²) in [5, 5.41) is 3.95. The summed E-state index contributed by atoms with van der Waals surface area (Å²) in [4.78, 5) is 4.32. The van der Waals surface area contributed by atoms with Crippen LogP contribution < -0.4 is 9.47 Å². The van der Waals surface area contributed by atoms with E-state index in [4.69, 9.17) is 14.0 Å². The molecule has 0 spiro atoms. The zero-order valence-electron chi connectivity index (χ0n) is 13.5. The fraction of sp³-hybridized carbons (Fsp3) is 0.222. The van der Waals surface area contributed by atoms with Gasteiger partial charge in [-0.05, 0) is 42.8 Å². The number of hydrogen-bond donors (Lipinski definition) is 0. The minimum Gasteiger partial charge on any atom is -0.493 e. The van der Waals surface area contributed by atoms with Gasteiger partial charge in [0.25, 0.3) is 5.89 Å². The fourth-order valence-electron chi connectivity index (χ4n) is 2.22. The molecule has 0 fully saturated rings. The van der Waals surface area contributed by atoms with Crippen LogP contribution in [0.3, 0.4) is 0 Å². The van der Waals surface area contributed by atoms with E-state index in [1.807, 2.05) is 19.1 Å². The van der Waals surface area contributed by atoms with Crippen LogP contribution in [0.1, 0.15) is 13.3 Å². The van der Waals surface area contributed by atoms with Crippen molar-refractivity contribution >= 4 is 0 Å². The molecule has 6 heteroatoms. The van der Waals surface area contributed by atoms with Crippen molar-refractivity contribution in [1.29, 1.82) is 0 Å². The van der Waals surface area contributed by atoms with Crippen LogP contribution in [-0.4, -0.2) is 23.9 Å². The lowest BCUT2D eigenvalue weighted by Crippen LogP contribution is -1.98. The lowest BCUT2D eigenvalue weighted by molar-refractivity contribution is 0.294. The van der Waals surface area contributed by atoms with Gasteiger partial charge in [0.15, 0.2) is 11.5 Å². The second-order valence-electron chi connectivity index (χ2n) is 5.15. The van der Waals surface area contributed by atoms with Crippen molar-refractivity contribution in [3.63, 3.8) is 0 Å². The molecule has 124 valence electrons. The Morgan fingerprint density at radius 1 is 1.08 bits per heavy atom. The molecule has 1 aromatic heterocycles. The molecule has 0 aliphatic carbocycles. The van der Waals surface area contributed by atoms with Crippen molar-refractivity contribution in [3.8, 4) is 34.3 Å². The fourth-order valence-corrected chi connectivity index (χ4v) is 2.22. The SMILES string of the molecule is CCCOc1ccc(-c2noc(-c3cccc(F)c3)n2)cc1OC. The molecule has 0 bridgehead atoms. The maximum absolute atomic E-state index is 13.3. The lowest BCUT2D eigenvalue weighted by Gasteiger charge is -2.10. The van der Waals surface area contributed by atoms with E-state index < -0.39 is 0 Å². The van der Waals surface area contributed by atoms with Crippen LogP contribution in [-0.2, 0) is 0 Å². The third kappa shape index (κ3) is 3.37. The van der Waals surface area contributed by atoms with E-state index in [0.717, 1.165) is 12.0 Å². The van der Waals surface area contributed by atoms with Gasteiger partial charge in [0.05, 0.1) is 13.7 Å². The Labute approximate surface area is 139 Å². The van der Waals surface area contributed by atoms with Gasteiger partial charge in [-0.2, -0.15) is 4.98 Å². The first-order valence-electron chi connectivity index (χ1n) is 7.62. The van der Waals surface area contributed by atoms with Gasteiger partial charge in [-0.3, -0.25) is 0 Å². The molecule has 0 N–H and O–H groups in total. The van der Waals surface area contributed by atoms with Crippen LogP contribution in [0.2, 0.25) is 0 Å². The van der Waals surface area contributed by atoms with E-state index in [1.54, 1.807) is 25.3 Å². The number of benzene rings is 2. The molecule has 3 rings (SSSR count). The quantitative estimate of drug-likeness (QED) is 0.673. The molecular weight excluding hydrogens is 311 g/mol. The highest BCUT2D eigenvalue weighted by Gasteiger charge is 2.14. The van der Waals surface area contributed by atoms with Crippen LogP contribution in [0.25, 0.3) is 22.8 Å². The normalized spacial score (nSPS) is 10.6. The van der Waals surface area contributed by atoms with Crippen LogP contribution in [0.15, 0.2) is 47.0 Å². The number of halogens is 1. The molecular formula is C18H17FN2O3. The first kappa shape index (κ1) is 16.0. The Morgan fingerprint density at radius 2 is 1.96 bits per heavy atom. The molecule has 2 aromatic carbocycles. The van der Waals surface area contributed by atoms with E-state index in [0.29, 0.717) is 29.5 Å². The van der Waals surface area contributed by atoms with Crippen LogP contribution in [0.4, 0.5) is 4.39 Å². The maximum Gasteiger partial charge on any atom is 0.258 e. The van der Waals surface area contributed by atoms with Crippen molar-refractivity contribution in [2.24, 2.45) is 0 Å². The van der Waals surface area contributed by atoms with Gasteiger partial charge in [-0.25, -0.2) is 4.39 Å². The zero-order chi connectivity index (χ0) is 16.9. The van der Waals surface area contributed by atoms with Gasteiger partial charge < -0.3 is 14.0 Å². The number of ether oxygens (including phenoxy) is 2. The van der Waals surface area contributed by atoms with E-state index in [9.17, 15) is 4.39 Å². The minimum absolute atomic E-state index is 0.259. The standard InChI is InChI=1S/C18H17FN2O3/c1-3-9-23-15-8-7-12(11-16(15)22-2)17-20-18(24-21-17)13-5-4-6-14(19)10-13/h4-8,10-11H,3,9H2,1-2H3. The molecule has 0 saturated carbocycles. The molecule has 0 amide bonds. The van der Waals surface area contributed by atoms with Gasteiger partial charge in [0.1, 0.15) is 5.82 Å². The molecule has 0 saturated heterocycles. The second kappa shape index (κ2) is 7.12. The van der Waals surface area contributed by atoms with E-state index >= 15 is 0 Å². The summed E-state index contributed by atoms with van der Waals surface area (Å²) in [5.74, 6) is 1.56. The third-order valence-electron chi connectivity index (χ3n) is 3.38. The molecule has 0 aliphatic heterocycles. The highest BCUT2D eigenvalue weighted by atomic mass is 19.1.